The average Bonchev–Trinajstić information content (AvgIpc) is 2.23. The summed E-state index contributed by atoms with van der Waals surface area (Å²) >= 11 is 0. The second-order valence-corrected chi connectivity index (χ2v) is 2.70. The predicted molar refractivity (Wildman–Crippen MR) is 51.7 cm³/mol. The molecule has 0 saturated heterocycles. The lowest BCUT2D eigenvalue weighted by Gasteiger charge is -2.04. The number of aromatic nitrogens is 2. The molecule has 4 heteroatoms. The third-order valence-electron chi connectivity index (χ3n) is 1.72. The zero-order valence-electron chi connectivity index (χ0n) is 7.31. The van der Waals surface area contributed by atoms with Crippen LogP contribution in [0.15, 0.2) is 42.9 Å². The van der Waals surface area contributed by atoms with Crippen LogP contribution in [0, 0.1) is 5.82 Å². The number of benzene rings is 1. The van der Waals surface area contributed by atoms with Crippen molar-refractivity contribution < 1.29 is 4.39 Å². The first-order valence-electron chi connectivity index (χ1n) is 4.14. The molecule has 70 valence electrons. The summed E-state index contributed by atoms with van der Waals surface area (Å²) in [5, 5.41) is 2.85. The predicted octanol–water partition coefficient (Wildman–Crippen LogP) is 2.36. The third kappa shape index (κ3) is 1.85. The summed E-state index contributed by atoms with van der Waals surface area (Å²) < 4.78 is 13.2. The Labute approximate surface area is 80.6 Å². The first-order chi connectivity index (χ1) is 6.86. The Bertz CT molecular complexity index is 417. The summed E-state index contributed by atoms with van der Waals surface area (Å²) in [5.74, 6) is 0.274. The van der Waals surface area contributed by atoms with Crippen LogP contribution < -0.4 is 5.32 Å². The molecule has 1 aromatic carbocycles. The van der Waals surface area contributed by atoms with Crippen LogP contribution in [0.25, 0.3) is 0 Å². The number of hydrogen-bond acceptors (Lipinski definition) is 3. The van der Waals surface area contributed by atoms with Crippen LogP contribution in [0.4, 0.5) is 15.9 Å². The summed E-state index contributed by atoms with van der Waals surface area (Å²) in [6.45, 7) is 0. The van der Waals surface area contributed by atoms with E-state index in [-0.39, 0.29) is 5.82 Å². The van der Waals surface area contributed by atoms with E-state index >= 15 is 0 Å². The zero-order chi connectivity index (χ0) is 9.80. The molecular formula is C10H8FN3. The molecule has 0 fully saturated rings. The van der Waals surface area contributed by atoms with Gasteiger partial charge < -0.3 is 5.32 Å². The Kier molecular flexibility index (Phi) is 2.36. The van der Waals surface area contributed by atoms with Gasteiger partial charge in [-0.2, -0.15) is 0 Å². The van der Waals surface area contributed by atoms with Gasteiger partial charge in [-0.1, -0.05) is 12.1 Å². The van der Waals surface area contributed by atoms with Gasteiger partial charge in [0.05, 0.1) is 5.69 Å². The maximum atomic E-state index is 13.2. The van der Waals surface area contributed by atoms with Crippen LogP contribution in [-0.4, -0.2) is 9.97 Å². The minimum atomic E-state index is -0.300. The van der Waals surface area contributed by atoms with Gasteiger partial charge in [0.15, 0.2) is 0 Å². The summed E-state index contributed by atoms with van der Waals surface area (Å²) in [6, 6.07) is 8.11. The van der Waals surface area contributed by atoms with E-state index in [1.807, 2.05) is 0 Å². The molecule has 14 heavy (non-hydrogen) atoms. The minimum Gasteiger partial charge on any atom is -0.338 e. The van der Waals surface area contributed by atoms with Crippen LogP contribution in [0.1, 0.15) is 0 Å². The van der Waals surface area contributed by atoms with Gasteiger partial charge in [0.2, 0.25) is 0 Å². The summed E-state index contributed by atoms with van der Waals surface area (Å²) in [5.41, 5.74) is 0.409. The molecular weight excluding hydrogens is 181 g/mol. The second kappa shape index (κ2) is 3.83. The highest BCUT2D eigenvalue weighted by molar-refractivity contribution is 5.55. The lowest BCUT2D eigenvalue weighted by molar-refractivity contribution is 0.632. The molecule has 0 atom stereocenters. The molecule has 0 spiro atoms. The van der Waals surface area contributed by atoms with Crippen LogP contribution in [-0.2, 0) is 0 Å². The maximum Gasteiger partial charge on any atom is 0.146 e. The summed E-state index contributed by atoms with van der Waals surface area (Å²) in [7, 11) is 0. The fourth-order valence-corrected chi connectivity index (χ4v) is 1.07. The molecule has 2 aromatic rings. The number of nitrogens with zero attached hydrogens (tertiary/aromatic N) is 2. The molecule has 0 amide bonds. The molecule has 0 saturated carbocycles. The Balaban J connectivity index is 2.24. The Morgan fingerprint density at radius 2 is 2.00 bits per heavy atom. The summed E-state index contributed by atoms with van der Waals surface area (Å²) in [4.78, 5) is 7.69. The van der Waals surface area contributed by atoms with Crippen LogP contribution in [0.2, 0.25) is 0 Å². The number of nitrogens with one attached hydrogen (secondary N) is 1. The monoisotopic (exact) mass is 189 g/mol. The number of anilines is 2. The van der Waals surface area contributed by atoms with Crippen molar-refractivity contribution in [2.45, 2.75) is 0 Å². The van der Waals surface area contributed by atoms with E-state index in [0.29, 0.717) is 11.5 Å². The van der Waals surface area contributed by atoms with E-state index in [0.717, 1.165) is 0 Å². The van der Waals surface area contributed by atoms with Crippen molar-refractivity contribution in [2.24, 2.45) is 0 Å². The maximum absolute atomic E-state index is 13.2. The molecule has 0 aliphatic rings. The van der Waals surface area contributed by atoms with Crippen LogP contribution in [0.3, 0.4) is 0 Å². The first-order valence-corrected chi connectivity index (χ1v) is 4.14. The van der Waals surface area contributed by atoms with E-state index in [1.165, 1.54) is 12.4 Å². The topological polar surface area (TPSA) is 37.8 Å². The highest BCUT2D eigenvalue weighted by Crippen LogP contribution is 2.16. The lowest BCUT2D eigenvalue weighted by atomic mass is 10.3. The van der Waals surface area contributed by atoms with Crippen molar-refractivity contribution in [3.05, 3.63) is 48.7 Å². The van der Waals surface area contributed by atoms with Crippen molar-refractivity contribution in [1.82, 2.24) is 9.97 Å². The summed E-state index contributed by atoms with van der Waals surface area (Å²) in [6.07, 6.45) is 3.00. The molecule has 1 aromatic heterocycles. The standard InChI is InChI=1S/C10H8FN3/c11-8-3-1-2-4-9(8)14-10-5-6-12-7-13-10/h1-7H,(H,12,13,14). The fraction of sp³-hybridized carbons (Fsp3) is 0. The van der Waals surface area contributed by atoms with Crippen LogP contribution in [0.5, 0.6) is 0 Å². The SMILES string of the molecule is Fc1ccccc1Nc1ccncn1. The van der Waals surface area contributed by atoms with Crippen molar-refractivity contribution in [2.75, 3.05) is 5.32 Å². The molecule has 3 nitrogen and oxygen atoms in total. The molecule has 0 bridgehead atoms. The number of hydrogen-bond donors (Lipinski definition) is 1. The van der Waals surface area contributed by atoms with Gasteiger partial charge in [-0.3, -0.25) is 0 Å². The van der Waals surface area contributed by atoms with E-state index in [2.05, 4.69) is 15.3 Å². The van der Waals surface area contributed by atoms with Crippen molar-refractivity contribution in [3.8, 4) is 0 Å². The normalized spacial score (nSPS) is 9.79. The molecule has 1 heterocycles. The van der Waals surface area contributed by atoms with E-state index in [4.69, 9.17) is 0 Å². The van der Waals surface area contributed by atoms with Crippen LogP contribution >= 0.6 is 0 Å². The van der Waals surface area contributed by atoms with Gasteiger partial charge >= 0.3 is 0 Å². The highest BCUT2D eigenvalue weighted by atomic mass is 19.1. The van der Waals surface area contributed by atoms with Gasteiger partial charge in [-0.15, -0.1) is 0 Å². The van der Waals surface area contributed by atoms with E-state index < -0.39 is 0 Å². The smallest absolute Gasteiger partial charge is 0.146 e. The molecule has 0 aliphatic heterocycles. The van der Waals surface area contributed by atoms with E-state index in [9.17, 15) is 4.39 Å². The van der Waals surface area contributed by atoms with Gasteiger partial charge in [-0.05, 0) is 18.2 Å². The Morgan fingerprint density at radius 3 is 2.71 bits per heavy atom. The number of para-hydroxylation sites is 1. The quantitative estimate of drug-likeness (QED) is 0.788. The number of halogens is 1. The number of rotatable bonds is 2. The largest absolute Gasteiger partial charge is 0.338 e. The van der Waals surface area contributed by atoms with Crippen molar-refractivity contribution >= 4 is 11.5 Å². The van der Waals surface area contributed by atoms with Crippen molar-refractivity contribution in [1.29, 1.82) is 0 Å². The van der Waals surface area contributed by atoms with Gasteiger partial charge in [0.25, 0.3) is 0 Å². The molecule has 1 N–H and O–H groups in total. The van der Waals surface area contributed by atoms with Crippen molar-refractivity contribution in [3.63, 3.8) is 0 Å². The van der Waals surface area contributed by atoms with Gasteiger partial charge in [0, 0.05) is 6.20 Å². The minimum absolute atomic E-state index is 0.300. The first kappa shape index (κ1) is 8.62. The highest BCUT2D eigenvalue weighted by Gasteiger charge is 2.00. The Morgan fingerprint density at radius 1 is 1.14 bits per heavy atom. The van der Waals surface area contributed by atoms with E-state index in [1.54, 1.807) is 30.5 Å². The molecule has 0 aliphatic carbocycles. The van der Waals surface area contributed by atoms with Gasteiger partial charge in [0.1, 0.15) is 18.0 Å². The zero-order valence-corrected chi connectivity index (χ0v) is 7.31. The molecule has 0 unspecified atom stereocenters. The van der Waals surface area contributed by atoms with Gasteiger partial charge in [-0.25, -0.2) is 14.4 Å². The third-order valence-corrected chi connectivity index (χ3v) is 1.72. The average molecular weight is 189 g/mol. The second-order valence-electron chi connectivity index (χ2n) is 2.70. The molecule has 2 rings (SSSR count). The lowest BCUT2D eigenvalue weighted by Crippen LogP contribution is -1.95. The molecule has 0 radical (unpaired) electrons. The Hall–Kier alpha value is -1.97. The fourth-order valence-electron chi connectivity index (χ4n) is 1.07.